The molecule has 10 heteroatoms. The van der Waals surface area contributed by atoms with Crippen molar-refractivity contribution in [1.29, 1.82) is 5.26 Å². The average Bonchev–Trinajstić information content (AvgIpc) is 2.76. The van der Waals surface area contributed by atoms with Crippen molar-refractivity contribution in [3.63, 3.8) is 0 Å². The van der Waals surface area contributed by atoms with Gasteiger partial charge in [-0.2, -0.15) is 5.26 Å². The number of carbonyl (C=O) groups excluding carboxylic acids is 1. The molecule has 8 nitrogen and oxygen atoms in total. The molecule has 1 saturated heterocycles. The first-order chi connectivity index (χ1) is 15.1. The molecule has 0 saturated carbocycles. The first-order valence-electron chi connectivity index (χ1n) is 10.1. The number of halogens is 1. The van der Waals surface area contributed by atoms with Gasteiger partial charge in [-0.15, -0.1) is 0 Å². The van der Waals surface area contributed by atoms with Gasteiger partial charge in [0.1, 0.15) is 11.9 Å². The third-order valence-corrected chi connectivity index (χ3v) is 6.13. The van der Waals surface area contributed by atoms with E-state index < -0.39 is 15.8 Å². The molecule has 1 heterocycles. The highest BCUT2D eigenvalue weighted by Gasteiger charge is 2.26. The third-order valence-electron chi connectivity index (χ3n) is 5.22. The van der Waals surface area contributed by atoms with E-state index >= 15 is 0 Å². The Hall–Kier alpha value is -3.00. The molecule has 0 unspecified atom stereocenters. The molecule has 0 spiro atoms. The van der Waals surface area contributed by atoms with Crippen LogP contribution in [0.2, 0.25) is 0 Å². The van der Waals surface area contributed by atoms with Crippen LogP contribution in [0.15, 0.2) is 41.3 Å². The zero-order valence-electron chi connectivity index (χ0n) is 17.9. The van der Waals surface area contributed by atoms with E-state index in [1.165, 1.54) is 24.3 Å². The van der Waals surface area contributed by atoms with Crippen LogP contribution >= 0.6 is 0 Å². The lowest BCUT2D eigenvalue weighted by molar-refractivity contribution is 0.0623. The Labute approximate surface area is 187 Å². The first kappa shape index (κ1) is 23.7. The van der Waals surface area contributed by atoms with Crippen molar-refractivity contribution < 1.29 is 22.3 Å². The first-order valence-corrected chi connectivity index (χ1v) is 11.7. The third kappa shape index (κ3) is 5.43. The summed E-state index contributed by atoms with van der Waals surface area (Å²) < 4.78 is 43.2. The number of nitrogens with zero attached hydrogens (tertiary/aromatic N) is 3. The minimum Gasteiger partial charge on any atom is -0.374 e. The van der Waals surface area contributed by atoms with Crippen molar-refractivity contribution in [1.82, 2.24) is 4.90 Å². The molecule has 1 amide bonds. The van der Waals surface area contributed by atoms with Crippen LogP contribution in [-0.4, -0.2) is 51.5 Å². The van der Waals surface area contributed by atoms with Gasteiger partial charge in [-0.05, 0) is 49.7 Å². The normalized spacial score (nSPS) is 14.5. The van der Waals surface area contributed by atoms with Gasteiger partial charge in [0.05, 0.1) is 23.2 Å². The molecule has 170 valence electrons. The maximum absolute atomic E-state index is 14.0. The second kappa shape index (κ2) is 9.65. The van der Waals surface area contributed by atoms with E-state index in [0.29, 0.717) is 37.4 Å². The maximum atomic E-state index is 14.0. The van der Waals surface area contributed by atoms with Crippen LogP contribution in [0.1, 0.15) is 35.3 Å². The Morgan fingerprint density at radius 2 is 1.88 bits per heavy atom. The molecule has 0 radical (unpaired) electrons. The molecule has 2 aromatic carbocycles. The Kier molecular flexibility index (Phi) is 7.13. The molecule has 1 fully saturated rings. The number of hydrogen-bond acceptors (Lipinski definition) is 6. The van der Waals surface area contributed by atoms with Crippen LogP contribution in [0.25, 0.3) is 0 Å². The lowest BCUT2D eigenvalue weighted by Gasteiger charge is -2.36. The number of nitrogens with two attached hydrogens (primary N) is 1. The Morgan fingerprint density at radius 1 is 1.19 bits per heavy atom. The SMILES string of the molecule is CC(C)OCc1ccc(S(N)(=O)=O)cc1C(=O)N1CCN(c2ccc(C#N)c(F)c2)CC1. The highest BCUT2D eigenvalue weighted by Crippen LogP contribution is 2.23. The summed E-state index contributed by atoms with van der Waals surface area (Å²) in [5, 5.41) is 14.1. The molecule has 0 bridgehead atoms. The molecular formula is C22H25FN4O4S. The number of rotatable bonds is 6. The average molecular weight is 461 g/mol. The molecule has 1 aliphatic heterocycles. The smallest absolute Gasteiger partial charge is 0.254 e. The number of hydrogen-bond donors (Lipinski definition) is 1. The number of benzene rings is 2. The summed E-state index contributed by atoms with van der Waals surface area (Å²) in [5.41, 5.74) is 1.42. The minimum atomic E-state index is -3.97. The number of nitriles is 1. The van der Waals surface area contributed by atoms with E-state index in [1.807, 2.05) is 18.7 Å². The lowest BCUT2D eigenvalue weighted by Crippen LogP contribution is -2.49. The van der Waals surface area contributed by atoms with E-state index in [2.05, 4.69) is 0 Å². The number of ether oxygens (including phenoxy) is 1. The number of piperazine rings is 1. The van der Waals surface area contributed by atoms with Crippen molar-refractivity contribution in [2.45, 2.75) is 31.5 Å². The maximum Gasteiger partial charge on any atom is 0.254 e. The standard InChI is InChI=1S/C22H25FN4O4S/c1-15(2)31-14-17-4-6-19(32(25,29)30)12-20(17)22(28)27-9-7-26(8-10-27)18-5-3-16(13-24)21(23)11-18/h3-6,11-12,15H,7-10,14H2,1-2H3,(H2,25,29,30). The fraction of sp³-hybridized carbons (Fsp3) is 0.364. The molecule has 2 aromatic rings. The fourth-order valence-electron chi connectivity index (χ4n) is 3.44. The summed E-state index contributed by atoms with van der Waals surface area (Å²) >= 11 is 0. The predicted molar refractivity (Wildman–Crippen MR) is 117 cm³/mol. The largest absolute Gasteiger partial charge is 0.374 e. The zero-order valence-corrected chi connectivity index (χ0v) is 18.7. The second-order valence-electron chi connectivity index (χ2n) is 7.78. The summed E-state index contributed by atoms with van der Waals surface area (Å²) in [6, 6.07) is 10.4. The van der Waals surface area contributed by atoms with Gasteiger partial charge in [0.2, 0.25) is 10.0 Å². The topological polar surface area (TPSA) is 117 Å². The molecule has 0 atom stereocenters. The van der Waals surface area contributed by atoms with Gasteiger partial charge in [0.15, 0.2) is 0 Å². The van der Waals surface area contributed by atoms with Crippen LogP contribution in [0.3, 0.4) is 0 Å². The number of anilines is 1. The van der Waals surface area contributed by atoms with Gasteiger partial charge in [0, 0.05) is 37.4 Å². The molecule has 32 heavy (non-hydrogen) atoms. The number of amides is 1. The van der Waals surface area contributed by atoms with Crippen LogP contribution in [0, 0.1) is 17.1 Å². The summed E-state index contributed by atoms with van der Waals surface area (Å²) in [4.78, 5) is 16.7. The quantitative estimate of drug-likeness (QED) is 0.707. The van der Waals surface area contributed by atoms with Crippen LogP contribution < -0.4 is 10.0 Å². The summed E-state index contributed by atoms with van der Waals surface area (Å²) in [6.07, 6.45) is -0.0627. The van der Waals surface area contributed by atoms with Gasteiger partial charge < -0.3 is 14.5 Å². The van der Waals surface area contributed by atoms with E-state index in [1.54, 1.807) is 23.1 Å². The predicted octanol–water partition coefficient (Wildman–Crippen LogP) is 2.23. The van der Waals surface area contributed by atoms with E-state index in [4.69, 9.17) is 15.1 Å². The van der Waals surface area contributed by atoms with E-state index in [9.17, 15) is 17.6 Å². The van der Waals surface area contributed by atoms with Crippen molar-refractivity contribution in [3.05, 3.63) is 58.9 Å². The molecule has 2 N–H and O–H groups in total. The Balaban J connectivity index is 1.79. The molecular weight excluding hydrogens is 435 g/mol. The van der Waals surface area contributed by atoms with Gasteiger partial charge in [-0.1, -0.05) is 6.07 Å². The van der Waals surface area contributed by atoms with Crippen molar-refractivity contribution in [2.75, 3.05) is 31.1 Å². The van der Waals surface area contributed by atoms with Gasteiger partial charge in [0.25, 0.3) is 5.91 Å². The molecule has 0 aliphatic carbocycles. The van der Waals surface area contributed by atoms with Gasteiger partial charge in [-0.25, -0.2) is 17.9 Å². The molecule has 1 aliphatic rings. The fourth-order valence-corrected chi connectivity index (χ4v) is 3.98. The molecule has 0 aromatic heterocycles. The summed E-state index contributed by atoms with van der Waals surface area (Å²) in [7, 11) is -3.97. The van der Waals surface area contributed by atoms with Crippen LogP contribution in [0.5, 0.6) is 0 Å². The number of primary sulfonamides is 1. The van der Waals surface area contributed by atoms with E-state index in [-0.39, 0.29) is 34.6 Å². The Morgan fingerprint density at radius 3 is 2.44 bits per heavy atom. The van der Waals surface area contributed by atoms with Crippen LogP contribution in [0.4, 0.5) is 10.1 Å². The highest BCUT2D eigenvalue weighted by atomic mass is 32.2. The minimum absolute atomic E-state index is 0.0200. The second-order valence-corrected chi connectivity index (χ2v) is 9.34. The van der Waals surface area contributed by atoms with Crippen molar-refractivity contribution >= 4 is 21.6 Å². The summed E-state index contributed by atoms with van der Waals surface area (Å²) in [5.74, 6) is -0.901. The van der Waals surface area contributed by atoms with E-state index in [0.717, 1.165) is 0 Å². The van der Waals surface area contributed by atoms with Crippen LogP contribution in [-0.2, 0) is 21.4 Å². The Bertz CT molecular complexity index is 1150. The summed E-state index contributed by atoms with van der Waals surface area (Å²) in [6.45, 7) is 5.55. The zero-order chi connectivity index (χ0) is 23.5. The number of sulfonamides is 1. The van der Waals surface area contributed by atoms with Crippen molar-refractivity contribution in [2.24, 2.45) is 5.14 Å². The van der Waals surface area contributed by atoms with Crippen molar-refractivity contribution in [3.8, 4) is 6.07 Å². The van der Waals surface area contributed by atoms with Gasteiger partial charge >= 0.3 is 0 Å². The van der Waals surface area contributed by atoms with Gasteiger partial charge in [-0.3, -0.25) is 4.79 Å². The molecule has 3 rings (SSSR count). The lowest BCUT2D eigenvalue weighted by atomic mass is 10.1. The highest BCUT2D eigenvalue weighted by molar-refractivity contribution is 7.89. The number of carbonyl (C=O) groups is 1. The monoisotopic (exact) mass is 460 g/mol.